The number of amides is 1. The van der Waals surface area contributed by atoms with Crippen LogP contribution in [0.5, 0.6) is 0 Å². The topological polar surface area (TPSA) is 95.3 Å². The molecule has 8 nitrogen and oxygen atoms in total. The van der Waals surface area contributed by atoms with Crippen molar-refractivity contribution in [3.05, 3.63) is 42.7 Å². The summed E-state index contributed by atoms with van der Waals surface area (Å²) in [7, 11) is 1.66. The Morgan fingerprint density at radius 1 is 1.29 bits per heavy atom. The Balaban J connectivity index is 1.68. The van der Waals surface area contributed by atoms with E-state index in [0.717, 1.165) is 13.0 Å². The quantitative estimate of drug-likeness (QED) is 0.866. The molecule has 0 radical (unpaired) electrons. The van der Waals surface area contributed by atoms with E-state index in [1.807, 2.05) is 4.90 Å². The fourth-order valence-corrected chi connectivity index (χ4v) is 2.99. The van der Waals surface area contributed by atoms with Crippen molar-refractivity contribution in [3.8, 4) is 0 Å². The Hall–Kier alpha value is -2.61. The van der Waals surface area contributed by atoms with Crippen molar-refractivity contribution in [1.82, 2.24) is 24.8 Å². The Morgan fingerprint density at radius 3 is 2.79 bits per heavy atom. The largest absolute Gasteiger partial charge is 0.386 e. The summed E-state index contributed by atoms with van der Waals surface area (Å²) in [4.78, 5) is 32.2. The lowest BCUT2D eigenvalue weighted by atomic mass is 9.92. The Kier molecular flexibility index (Phi) is 4.66. The minimum Gasteiger partial charge on any atom is -0.386 e. The monoisotopic (exact) mass is 328 g/mol. The van der Waals surface area contributed by atoms with E-state index in [1.165, 1.54) is 23.5 Å². The van der Waals surface area contributed by atoms with Crippen LogP contribution in [0.2, 0.25) is 0 Å². The van der Waals surface area contributed by atoms with Crippen molar-refractivity contribution in [2.75, 3.05) is 31.6 Å². The van der Waals surface area contributed by atoms with Gasteiger partial charge in [-0.05, 0) is 18.9 Å². The Morgan fingerprint density at radius 2 is 2.08 bits per heavy atom. The van der Waals surface area contributed by atoms with Gasteiger partial charge in [-0.2, -0.15) is 0 Å². The van der Waals surface area contributed by atoms with Gasteiger partial charge < -0.3 is 14.9 Å². The minimum atomic E-state index is -1.01. The second kappa shape index (κ2) is 6.88. The Bertz CT molecular complexity index is 683. The molecular formula is C16H20N6O2. The molecule has 8 heteroatoms. The lowest BCUT2D eigenvalue weighted by Crippen LogP contribution is -2.55. The van der Waals surface area contributed by atoms with Crippen molar-refractivity contribution in [3.63, 3.8) is 0 Å². The predicted octanol–water partition coefficient (Wildman–Crippen LogP) is 0.370. The van der Waals surface area contributed by atoms with Crippen LogP contribution >= 0.6 is 0 Å². The first-order valence-electron chi connectivity index (χ1n) is 7.83. The SMILES string of the molecule is CN(CC1(O)CCCN(c2ncccn2)C1)C(=O)c1cnccn1. The number of β-amino-alcohol motifs (C(OH)–C–C–N with tert-alkyl or cyclic N) is 1. The fourth-order valence-electron chi connectivity index (χ4n) is 2.99. The highest BCUT2D eigenvalue weighted by molar-refractivity contribution is 5.91. The van der Waals surface area contributed by atoms with Gasteiger partial charge in [0.25, 0.3) is 5.91 Å². The molecule has 0 saturated carbocycles. The molecule has 1 amide bonds. The molecule has 1 unspecified atom stereocenters. The maximum absolute atomic E-state index is 12.4. The first kappa shape index (κ1) is 16.3. The van der Waals surface area contributed by atoms with E-state index in [-0.39, 0.29) is 18.1 Å². The highest BCUT2D eigenvalue weighted by Gasteiger charge is 2.36. The zero-order chi connectivity index (χ0) is 17.0. The average Bonchev–Trinajstić information content (AvgIpc) is 2.62. The van der Waals surface area contributed by atoms with Gasteiger partial charge in [0.15, 0.2) is 0 Å². The normalized spacial score (nSPS) is 20.7. The number of anilines is 1. The van der Waals surface area contributed by atoms with Gasteiger partial charge in [0, 0.05) is 38.4 Å². The van der Waals surface area contributed by atoms with E-state index in [9.17, 15) is 9.90 Å². The number of rotatable bonds is 4. The van der Waals surface area contributed by atoms with E-state index in [2.05, 4.69) is 19.9 Å². The smallest absolute Gasteiger partial charge is 0.273 e. The second-order valence-electron chi connectivity index (χ2n) is 6.05. The summed E-state index contributed by atoms with van der Waals surface area (Å²) >= 11 is 0. The zero-order valence-corrected chi connectivity index (χ0v) is 13.5. The molecule has 1 fully saturated rings. The summed E-state index contributed by atoms with van der Waals surface area (Å²) in [5.41, 5.74) is -0.744. The fraction of sp³-hybridized carbons (Fsp3) is 0.438. The molecule has 24 heavy (non-hydrogen) atoms. The Labute approximate surface area is 140 Å². The number of aromatic nitrogens is 4. The third-order valence-electron chi connectivity index (χ3n) is 4.05. The van der Waals surface area contributed by atoms with Crippen LogP contribution in [-0.2, 0) is 0 Å². The van der Waals surface area contributed by atoms with E-state index in [0.29, 0.717) is 18.9 Å². The van der Waals surface area contributed by atoms with Crippen molar-refractivity contribution < 1.29 is 9.90 Å². The van der Waals surface area contributed by atoms with Gasteiger partial charge >= 0.3 is 0 Å². The van der Waals surface area contributed by atoms with Crippen molar-refractivity contribution in [1.29, 1.82) is 0 Å². The molecular weight excluding hydrogens is 308 g/mol. The first-order valence-corrected chi connectivity index (χ1v) is 7.83. The molecule has 0 aromatic carbocycles. The summed E-state index contributed by atoms with van der Waals surface area (Å²) in [6, 6.07) is 1.76. The first-order chi connectivity index (χ1) is 11.6. The number of hydrogen-bond donors (Lipinski definition) is 1. The standard InChI is InChI=1S/C16H20N6O2/c1-21(14(23)13-10-17-7-8-18-13)11-16(24)4-2-9-22(12-16)15-19-5-3-6-20-15/h3,5-8,10,24H,2,4,9,11-12H2,1H3. The van der Waals surface area contributed by atoms with Crippen LogP contribution in [0.3, 0.4) is 0 Å². The molecule has 2 aromatic heterocycles. The van der Waals surface area contributed by atoms with E-state index in [1.54, 1.807) is 25.5 Å². The molecule has 1 atom stereocenters. The van der Waals surface area contributed by atoms with Gasteiger partial charge in [0.1, 0.15) is 5.69 Å². The van der Waals surface area contributed by atoms with Crippen LogP contribution in [0.1, 0.15) is 23.3 Å². The number of hydrogen-bond acceptors (Lipinski definition) is 7. The van der Waals surface area contributed by atoms with Gasteiger partial charge in [0.05, 0.1) is 24.9 Å². The average molecular weight is 328 g/mol. The summed E-state index contributed by atoms with van der Waals surface area (Å²) in [5.74, 6) is 0.336. The molecule has 1 N–H and O–H groups in total. The van der Waals surface area contributed by atoms with Gasteiger partial charge in [-0.25, -0.2) is 15.0 Å². The van der Waals surface area contributed by atoms with Gasteiger partial charge in [-0.1, -0.05) is 0 Å². The number of aliphatic hydroxyl groups is 1. The zero-order valence-electron chi connectivity index (χ0n) is 13.5. The number of nitrogens with zero attached hydrogens (tertiary/aromatic N) is 6. The molecule has 1 aliphatic rings. The molecule has 3 heterocycles. The second-order valence-corrected chi connectivity index (χ2v) is 6.05. The number of carbonyl (C=O) groups excluding carboxylic acids is 1. The van der Waals surface area contributed by atoms with Crippen LogP contribution in [-0.4, -0.2) is 68.1 Å². The van der Waals surface area contributed by atoms with Gasteiger partial charge in [0.2, 0.25) is 5.95 Å². The highest BCUT2D eigenvalue weighted by atomic mass is 16.3. The van der Waals surface area contributed by atoms with Crippen LogP contribution in [0.4, 0.5) is 5.95 Å². The maximum atomic E-state index is 12.4. The molecule has 1 saturated heterocycles. The van der Waals surface area contributed by atoms with Crippen LogP contribution < -0.4 is 4.90 Å². The van der Waals surface area contributed by atoms with Crippen LogP contribution in [0.25, 0.3) is 0 Å². The molecule has 1 aliphatic heterocycles. The van der Waals surface area contributed by atoms with E-state index in [4.69, 9.17) is 0 Å². The summed E-state index contributed by atoms with van der Waals surface area (Å²) in [6.45, 7) is 1.38. The molecule has 2 aromatic rings. The van der Waals surface area contributed by atoms with Crippen molar-refractivity contribution in [2.24, 2.45) is 0 Å². The molecule has 0 spiro atoms. The lowest BCUT2D eigenvalue weighted by Gasteiger charge is -2.41. The minimum absolute atomic E-state index is 0.214. The molecule has 126 valence electrons. The molecule has 0 aliphatic carbocycles. The summed E-state index contributed by atoms with van der Waals surface area (Å²) in [5, 5.41) is 10.9. The van der Waals surface area contributed by atoms with Crippen LogP contribution in [0.15, 0.2) is 37.1 Å². The van der Waals surface area contributed by atoms with Crippen molar-refractivity contribution >= 4 is 11.9 Å². The number of piperidine rings is 1. The van der Waals surface area contributed by atoms with Crippen LogP contribution in [0, 0.1) is 0 Å². The highest BCUT2D eigenvalue weighted by Crippen LogP contribution is 2.24. The maximum Gasteiger partial charge on any atom is 0.273 e. The number of likely N-dealkylation sites (N-methyl/N-ethyl adjacent to an activating group) is 1. The third kappa shape index (κ3) is 3.65. The number of carbonyl (C=O) groups is 1. The summed E-state index contributed by atoms with van der Waals surface area (Å²) in [6.07, 6.45) is 9.21. The third-order valence-corrected chi connectivity index (χ3v) is 4.05. The summed E-state index contributed by atoms with van der Waals surface area (Å²) < 4.78 is 0. The molecule has 3 rings (SSSR count). The van der Waals surface area contributed by atoms with Gasteiger partial charge in [-0.15, -0.1) is 0 Å². The van der Waals surface area contributed by atoms with Crippen molar-refractivity contribution in [2.45, 2.75) is 18.4 Å². The van der Waals surface area contributed by atoms with Gasteiger partial charge in [-0.3, -0.25) is 9.78 Å². The predicted molar refractivity (Wildman–Crippen MR) is 87.4 cm³/mol. The van der Waals surface area contributed by atoms with E-state index < -0.39 is 5.60 Å². The molecule has 0 bridgehead atoms. The lowest BCUT2D eigenvalue weighted by molar-refractivity contribution is -0.000453. The van der Waals surface area contributed by atoms with E-state index >= 15 is 0 Å².